The Morgan fingerprint density at radius 2 is 2.06 bits per heavy atom. The monoisotopic (exact) mass is 251 g/mol. The third kappa shape index (κ3) is 2.70. The first-order valence-electron chi connectivity index (χ1n) is 4.43. The quantitative estimate of drug-likeness (QED) is 0.781. The molecule has 17 heavy (non-hydrogen) atoms. The summed E-state index contributed by atoms with van der Waals surface area (Å²) in [7, 11) is 0. The van der Waals surface area contributed by atoms with Gasteiger partial charge in [-0.15, -0.1) is 0 Å². The number of halogens is 4. The lowest BCUT2D eigenvalue weighted by Gasteiger charge is -2.26. The summed E-state index contributed by atoms with van der Waals surface area (Å²) in [6, 6.07) is 1.03. The van der Waals surface area contributed by atoms with E-state index in [4.69, 9.17) is 5.73 Å². The van der Waals surface area contributed by atoms with Crippen LogP contribution >= 0.6 is 0 Å². The second-order valence-electron chi connectivity index (χ2n) is 3.51. The number of anilines is 1. The molecule has 1 atom stereocenters. The molecule has 0 aromatic carbocycles. The first-order valence-corrected chi connectivity index (χ1v) is 4.43. The molecule has 0 aliphatic heterocycles. The van der Waals surface area contributed by atoms with E-state index in [2.05, 4.69) is 4.98 Å². The van der Waals surface area contributed by atoms with Crippen molar-refractivity contribution in [3.63, 3.8) is 0 Å². The molecule has 3 N–H and O–H groups in total. The van der Waals surface area contributed by atoms with E-state index in [1.165, 1.54) is 0 Å². The standard InChI is InChI=1S/C9H9F4N3O/c1-8(14,9(11,12)13)7(17)16-6-2-3-15-4-5(6)10/h2-4H,14H2,1H3,(H,15,16,17). The lowest BCUT2D eigenvalue weighted by Crippen LogP contribution is -2.59. The summed E-state index contributed by atoms with van der Waals surface area (Å²) in [6.07, 6.45) is -3.04. The van der Waals surface area contributed by atoms with Crippen molar-refractivity contribution in [3.8, 4) is 0 Å². The Balaban J connectivity index is 2.91. The number of carbonyl (C=O) groups excluding carboxylic acids is 1. The van der Waals surface area contributed by atoms with Gasteiger partial charge in [0.15, 0.2) is 11.4 Å². The van der Waals surface area contributed by atoms with Crippen LogP contribution in [0.5, 0.6) is 0 Å². The van der Waals surface area contributed by atoms with Crippen molar-refractivity contribution in [2.24, 2.45) is 5.73 Å². The van der Waals surface area contributed by atoms with Gasteiger partial charge in [0, 0.05) is 6.20 Å². The average molecular weight is 251 g/mol. The van der Waals surface area contributed by atoms with E-state index in [9.17, 15) is 22.4 Å². The summed E-state index contributed by atoms with van der Waals surface area (Å²) < 4.78 is 50.2. The minimum atomic E-state index is -4.93. The van der Waals surface area contributed by atoms with Gasteiger partial charge in [0.2, 0.25) is 0 Å². The average Bonchev–Trinajstić information content (AvgIpc) is 2.19. The molecular formula is C9H9F4N3O. The number of amides is 1. The molecule has 0 bridgehead atoms. The predicted octanol–water partition coefficient (Wildman–Crippen LogP) is 1.44. The molecule has 4 nitrogen and oxygen atoms in total. The topological polar surface area (TPSA) is 68.0 Å². The van der Waals surface area contributed by atoms with E-state index in [0.717, 1.165) is 18.5 Å². The maximum absolute atomic E-state index is 13.0. The van der Waals surface area contributed by atoms with Gasteiger partial charge in [0.1, 0.15) is 0 Å². The lowest BCUT2D eigenvalue weighted by molar-refractivity contribution is -0.184. The van der Waals surface area contributed by atoms with Gasteiger partial charge in [0.25, 0.3) is 5.91 Å². The molecule has 94 valence electrons. The molecule has 0 saturated carbocycles. The van der Waals surface area contributed by atoms with Gasteiger partial charge in [0.05, 0.1) is 11.9 Å². The summed E-state index contributed by atoms with van der Waals surface area (Å²) in [6.45, 7) is 0.501. The van der Waals surface area contributed by atoms with Crippen LogP contribution in [0.3, 0.4) is 0 Å². The Morgan fingerprint density at radius 1 is 1.47 bits per heavy atom. The molecule has 0 aliphatic carbocycles. The number of pyridine rings is 1. The van der Waals surface area contributed by atoms with Crippen molar-refractivity contribution in [3.05, 3.63) is 24.3 Å². The van der Waals surface area contributed by atoms with Crippen molar-refractivity contribution in [2.75, 3.05) is 5.32 Å². The second-order valence-corrected chi connectivity index (χ2v) is 3.51. The molecule has 1 aromatic rings. The van der Waals surface area contributed by atoms with E-state index in [1.807, 2.05) is 0 Å². The maximum Gasteiger partial charge on any atom is 0.415 e. The summed E-state index contributed by atoms with van der Waals surface area (Å²) in [4.78, 5) is 14.7. The van der Waals surface area contributed by atoms with Crippen LogP contribution in [0.4, 0.5) is 23.2 Å². The molecule has 8 heteroatoms. The maximum atomic E-state index is 13.0. The van der Waals surface area contributed by atoms with Crippen molar-refractivity contribution in [1.82, 2.24) is 4.98 Å². The molecule has 0 radical (unpaired) electrons. The number of hydrogen-bond acceptors (Lipinski definition) is 3. The number of rotatable bonds is 2. The summed E-state index contributed by atoms with van der Waals surface area (Å²) >= 11 is 0. The smallest absolute Gasteiger partial charge is 0.322 e. The van der Waals surface area contributed by atoms with Crippen LogP contribution in [0.15, 0.2) is 18.5 Å². The highest BCUT2D eigenvalue weighted by atomic mass is 19.4. The largest absolute Gasteiger partial charge is 0.415 e. The number of hydrogen-bond donors (Lipinski definition) is 2. The van der Waals surface area contributed by atoms with Crippen LogP contribution in [0, 0.1) is 5.82 Å². The third-order valence-electron chi connectivity index (χ3n) is 2.08. The SMILES string of the molecule is CC(N)(C(=O)Nc1ccncc1F)C(F)(F)F. The summed E-state index contributed by atoms with van der Waals surface area (Å²) in [5.74, 6) is -2.49. The first kappa shape index (κ1) is 13.4. The summed E-state index contributed by atoms with van der Waals surface area (Å²) in [5, 5.41) is 1.76. The van der Waals surface area contributed by atoms with Gasteiger partial charge in [-0.3, -0.25) is 9.78 Å². The fraction of sp³-hybridized carbons (Fsp3) is 0.333. The van der Waals surface area contributed by atoms with E-state index >= 15 is 0 Å². The fourth-order valence-corrected chi connectivity index (χ4v) is 0.857. The molecule has 1 unspecified atom stereocenters. The zero-order chi connectivity index (χ0) is 13.3. The van der Waals surface area contributed by atoms with Gasteiger partial charge >= 0.3 is 6.18 Å². The van der Waals surface area contributed by atoms with Crippen LogP contribution in [0.25, 0.3) is 0 Å². The third-order valence-corrected chi connectivity index (χ3v) is 2.08. The Morgan fingerprint density at radius 3 is 2.53 bits per heavy atom. The highest BCUT2D eigenvalue weighted by molar-refractivity contribution is 5.98. The van der Waals surface area contributed by atoms with E-state index in [1.54, 1.807) is 5.32 Å². The van der Waals surface area contributed by atoms with Gasteiger partial charge in [-0.05, 0) is 13.0 Å². The molecule has 0 aliphatic rings. The van der Waals surface area contributed by atoms with Crippen molar-refractivity contribution < 1.29 is 22.4 Å². The Bertz CT molecular complexity index is 430. The van der Waals surface area contributed by atoms with Crippen LogP contribution in [-0.4, -0.2) is 22.6 Å². The molecule has 0 spiro atoms. The number of nitrogens with two attached hydrogens (primary N) is 1. The zero-order valence-electron chi connectivity index (χ0n) is 8.68. The minimum Gasteiger partial charge on any atom is -0.322 e. The van der Waals surface area contributed by atoms with E-state index in [-0.39, 0.29) is 0 Å². The molecule has 1 amide bonds. The predicted molar refractivity (Wildman–Crippen MR) is 51.5 cm³/mol. The fourth-order valence-electron chi connectivity index (χ4n) is 0.857. The van der Waals surface area contributed by atoms with Gasteiger partial charge in [-0.25, -0.2) is 4.39 Å². The lowest BCUT2D eigenvalue weighted by atomic mass is 10.0. The number of alkyl halides is 3. The molecule has 1 rings (SSSR count). The van der Waals surface area contributed by atoms with Crippen molar-refractivity contribution in [1.29, 1.82) is 0 Å². The highest BCUT2D eigenvalue weighted by Gasteiger charge is 2.54. The molecule has 0 saturated heterocycles. The molecule has 1 heterocycles. The number of nitrogens with zero attached hydrogens (tertiary/aromatic N) is 1. The number of carbonyl (C=O) groups is 1. The Labute approximate surface area is 93.8 Å². The Kier molecular flexibility index (Phi) is 3.37. The number of nitrogens with one attached hydrogen (secondary N) is 1. The van der Waals surface area contributed by atoms with Gasteiger partial charge < -0.3 is 11.1 Å². The minimum absolute atomic E-state index is 0.411. The van der Waals surface area contributed by atoms with Gasteiger partial charge in [-0.1, -0.05) is 0 Å². The van der Waals surface area contributed by atoms with Crippen molar-refractivity contribution in [2.45, 2.75) is 18.6 Å². The van der Waals surface area contributed by atoms with Crippen LogP contribution in [-0.2, 0) is 4.79 Å². The van der Waals surface area contributed by atoms with Crippen molar-refractivity contribution >= 4 is 11.6 Å². The van der Waals surface area contributed by atoms with Crippen LogP contribution < -0.4 is 11.1 Å². The first-order chi connectivity index (χ1) is 7.66. The highest BCUT2D eigenvalue weighted by Crippen LogP contribution is 2.29. The molecular weight excluding hydrogens is 242 g/mol. The summed E-state index contributed by atoms with van der Waals surface area (Å²) in [5.41, 5.74) is 1.35. The Hall–Kier alpha value is -1.70. The van der Waals surface area contributed by atoms with E-state index < -0.39 is 29.1 Å². The normalized spacial score (nSPS) is 15.2. The number of aromatic nitrogens is 1. The zero-order valence-corrected chi connectivity index (χ0v) is 8.68. The van der Waals surface area contributed by atoms with E-state index in [0.29, 0.717) is 6.92 Å². The molecule has 1 aromatic heterocycles. The van der Waals surface area contributed by atoms with Crippen LogP contribution in [0.1, 0.15) is 6.92 Å². The van der Waals surface area contributed by atoms with Gasteiger partial charge in [-0.2, -0.15) is 13.2 Å². The molecule has 0 fully saturated rings. The second kappa shape index (κ2) is 4.28. The van der Waals surface area contributed by atoms with Crippen LogP contribution in [0.2, 0.25) is 0 Å².